The largest absolute Gasteiger partial charge is 0.462 e. The maximum Gasteiger partial charge on any atom is 0.306 e. The van der Waals surface area contributed by atoms with Crippen molar-refractivity contribution in [2.24, 2.45) is 0 Å². The fourth-order valence-electron chi connectivity index (χ4n) is 8.03. The number of allylic oxidation sites excluding steroid dienone is 20. The molecule has 0 aromatic carbocycles. The molecule has 0 saturated heterocycles. The van der Waals surface area contributed by atoms with E-state index in [0.717, 1.165) is 135 Å². The van der Waals surface area contributed by atoms with E-state index in [1.807, 2.05) is 0 Å². The van der Waals surface area contributed by atoms with Crippen LogP contribution in [-0.4, -0.2) is 37.2 Å². The van der Waals surface area contributed by atoms with Crippen molar-refractivity contribution in [1.82, 2.24) is 0 Å². The third-order valence-corrected chi connectivity index (χ3v) is 12.5. The number of hydrogen-bond donors (Lipinski definition) is 0. The summed E-state index contributed by atoms with van der Waals surface area (Å²) in [7, 11) is 0. The minimum absolute atomic E-state index is 0.0903. The lowest BCUT2D eigenvalue weighted by Crippen LogP contribution is -2.30. The summed E-state index contributed by atoms with van der Waals surface area (Å²) in [5.74, 6) is -0.924. The average molecular weight is 1010 g/mol. The van der Waals surface area contributed by atoms with Crippen molar-refractivity contribution < 1.29 is 28.6 Å². The monoisotopic (exact) mass is 1010 g/mol. The Kier molecular flexibility index (Phi) is 56.9. The fourth-order valence-corrected chi connectivity index (χ4v) is 8.03. The van der Waals surface area contributed by atoms with Gasteiger partial charge in [-0.1, -0.05) is 258 Å². The molecule has 73 heavy (non-hydrogen) atoms. The van der Waals surface area contributed by atoms with Crippen molar-refractivity contribution in [2.75, 3.05) is 13.2 Å². The van der Waals surface area contributed by atoms with Gasteiger partial charge in [-0.3, -0.25) is 14.4 Å². The molecule has 1 unspecified atom stereocenters. The standard InChI is InChI=1S/C67H110O6/c1-4-7-10-13-16-18-20-22-24-26-28-30-32-33-35-36-38-40-42-44-46-48-51-54-57-60-66(69)72-63-64(62-71-65(68)59-56-53-50-15-12-9-6-3)73-67(70)61-58-55-52-49-47-45-43-41-39-37-34-31-29-27-25-23-21-19-17-14-11-8-5-2/h7-8,10-11,16-19,22-25,28-31,37,39,43,45,64H,4-6,9,12-15,20-21,26-27,32-36,38,40-42,44,46-63H2,1-3H3/b10-7-,11-8-,18-16-,19-17-,24-22-,25-23-,30-28-,31-29-,39-37-,45-43-. The van der Waals surface area contributed by atoms with Gasteiger partial charge < -0.3 is 14.2 Å². The van der Waals surface area contributed by atoms with Crippen LogP contribution in [0.4, 0.5) is 0 Å². The summed E-state index contributed by atoms with van der Waals surface area (Å²) >= 11 is 0. The zero-order valence-electron chi connectivity index (χ0n) is 47.4. The highest BCUT2D eigenvalue weighted by Gasteiger charge is 2.19. The molecule has 0 bridgehead atoms. The van der Waals surface area contributed by atoms with Crippen LogP contribution in [0.25, 0.3) is 0 Å². The van der Waals surface area contributed by atoms with E-state index >= 15 is 0 Å². The molecule has 0 aromatic heterocycles. The molecule has 0 spiro atoms. The zero-order valence-corrected chi connectivity index (χ0v) is 47.4. The van der Waals surface area contributed by atoms with E-state index in [0.29, 0.717) is 19.3 Å². The van der Waals surface area contributed by atoms with Gasteiger partial charge in [-0.05, 0) is 109 Å². The third kappa shape index (κ3) is 58.6. The average Bonchev–Trinajstić information content (AvgIpc) is 3.39. The van der Waals surface area contributed by atoms with E-state index in [1.54, 1.807) is 0 Å². The smallest absolute Gasteiger partial charge is 0.306 e. The van der Waals surface area contributed by atoms with Crippen molar-refractivity contribution in [3.63, 3.8) is 0 Å². The molecule has 0 fully saturated rings. The molecule has 0 heterocycles. The van der Waals surface area contributed by atoms with Gasteiger partial charge in [-0.25, -0.2) is 0 Å². The summed E-state index contributed by atoms with van der Waals surface area (Å²) in [4.78, 5) is 38.0. The van der Waals surface area contributed by atoms with Crippen LogP contribution in [0.1, 0.15) is 265 Å². The van der Waals surface area contributed by atoms with Crippen LogP contribution in [0.15, 0.2) is 122 Å². The number of ether oxygens (including phenoxy) is 3. The van der Waals surface area contributed by atoms with Crippen molar-refractivity contribution >= 4 is 17.9 Å². The Labute approximate surface area is 450 Å². The maximum absolute atomic E-state index is 12.8. The fraction of sp³-hybridized carbons (Fsp3) is 0.657. The van der Waals surface area contributed by atoms with Crippen LogP contribution in [0.5, 0.6) is 0 Å². The van der Waals surface area contributed by atoms with Crippen molar-refractivity contribution in [3.8, 4) is 0 Å². The summed E-state index contributed by atoms with van der Waals surface area (Å²) < 4.78 is 16.8. The molecule has 0 aromatic rings. The maximum atomic E-state index is 12.8. The van der Waals surface area contributed by atoms with Gasteiger partial charge >= 0.3 is 17.9 Å². The molecule has 0 N–H and O–H groups in total. The first-order chi connectivity index (χ1) is 36.0. The Hall–Kier alpha value is -4.19. The highest BCUT2D eigenvalue weighted by Crippen LogP contribution is 2.15. The molecule has 0 aliphatic carbocycles. The molecule has 0 amide bonds. The van der Waals surface area contributed by atoms with Crippen LogP contribution in [0, 0.1) is 0 Å². The number of unbranched alkanes of at least 4 members (excludes halogenated alkanes) is 22. The van der Waals surface area contributed by atoms with Gasteiger partial charge in [0.15, 0.2) is 6.10 Å². The molecule has 0 radical (unpaired) electrons. The van der Waals surface area contributed by atoms with Gasteiger partial charge in [0.05, 0.1) is 0 Å². The van der Waals surface area contributed by atoms with Crippen molar-refractivity contribution in [2.45, 2.75) is 271 Å². The summed E-state index contributed by atoms with van der Waals surface area (Å²) in [6, 6.07) is 0. The van der Waals surface area contributed by atoms with Gasteiger partial charge in [0.1, 0.15) is 13.2 Å². The normalized spacial score (nSPS) is 13.0. The lowest BCUT2D eigenvalue weighted by Gasteiger charge is -2.18. The molecule has 0 aliphatic heterocycles. The quantitative estimate of drug-likeness (QED) is 0.0261. The minimum atomic E-state index is -0.793. The number of rotatable bonds is 53. The summed E-state index contributed by atoms with van der Waals surface area (Å²) in [6.45, 7) is 6.35. The van der Waals surface area contributed by atoms with Crippen LogP contribution < -0.4 is 0 Å². The minimum Gasteiger partial charge on any atom is -0.462 e. The molecule has 414 valence electrons. The molecule has 0 saturated carbocycles. The highest BCUT2D eigenvalue weighted by molar-refractivity contribution is 5.71. The summed E-state index contributed by atoms with van der Waals surface area (Å²) in [5, 5.41) is 0. The molecule has 6 heteroatoms. The van der Waals surface area contributed by atoms with E-state index in [1.165, 1.54) is 89.9 Å². The van der Waals surface area contributed by atoms with E-state index in [4.69, 9.17) is 14.2 Å². The molecule has 1 atom stereocenters. The van der Waals surface area contributed by atoms with Crippen LogP contribution in [0.3, 0.4) is 0 Å². The van der Waals surface area contributed by atoms with Gasteiger partial charge in [0.2, 0.25) is 0 Å². The van der Waals surface area contributed by atoms with E-state index in [2.05, 4.69) is 142 Å². The van der Waals surface area contributed by atoms with Crippen LogP contribution >= 0.6 is 0 Å². The second-order valence-corrected chi connectivity index (χ2v) is 19.5. The molecule has 0 aliphatic rings. The predicted molar refractivity (Wildman–Crippen MR) is 316 cm³/mol. The SMILES string of the molecule is CC/C=C\C/C=C\C/C=C\C/C=C\C/C=C\C/C=C\CCCCCCC(=O)OC(COC(=O)CCCCCCCCC)COC(=O)CCCCCCCCCCCCCC/C=C\C/C=C\C/C=C\C/C=C\CC. The van der Waals surface area contributed by atoms with E-state index in [-0.39, 0.29) is 31.1 Å². The van der Waals surface area contributed by atoms with Gasteiger partial charge in [0.25, 0.3) is 0 Å². The zero-order chi connectivity index (χ0) is 52.9. The first kappa shape index (κ1) is 68.8. The Morgan fingerprint density at radius 2 is 0.534 bits per heavy atom. The van der Waals surface area contributed by atoms with Gasteiger partial charge in [-0.2, -0.15) is 0 Å². The van der Waals surface area contributed by atoms with Crippen molar-refractivity contribution in [1.29, 1.82) is 0 Å². The molecular weight excluding hydrogens is 901 g/mol. The second kappa shape index (κ2) is 60.4. The molecular formula is C67H110O6. The Morgan fingerprint density at radius 3 is 0.836 bits per heavy atom. The Bertz CT molecular complexity index is 1540. The molecule has 6 nitrogen and oxygen atoms in total. The lowest BCUT2D eigenvalue weighted by molar-refractivity contribution is -0.167. The van der Waals surface area contributed by atoms with Gasteiger partial charge in [0, 0.05) is 19.3 Å². The third-order valence-electron chi connectivity index (χ3n) is 12.5. The van der Waals surface area contributed by atoms with E-state index < -0.39 is 6.10 Å². The number of carbonyl (C=O) groups is 3. The lowest BCUT2D eigenvalue weighted by atomic mass is 10.0. The summed E-state index contributed by atoms with van der Waals surface area (Å²) in [6.07, 6.45) is 83.6. The van der Waals surface area contributed by atoms with Crippen LogP contribution in [-0.2, 0) is 28.6 Å². The highest BCUT2D eigenvalue weighted by atomic mass is 16.6. The first-order valence-electron chi connectivity index (χ1n) is 30.0. The second-order valence-electron chi connectivity index (χ2n) is 19.5. The first-order valence-corrected chi connectivity index (χ1v) is 30.0. The molecule has 0 rings (SSSR count). The van der Waals surface area contributed by atoms with E-state index in [9.17, 15) is 14.4 Å². The Balaban J connectivity index is 4.24. The topological polar surface area (TPSA) is 78.9 Å². The predicted octanol–water partition coefficient (Wildman–Crippen LogP) is 20.4. The number of esters is 3. The van der Waals surface area contributed by atoms with Gasteiger partial charge in [-0.15, -0.1) is 0 Å². The Morgan fingerprint density at radius 1 is 0.288 bits per heavy atom. The number of carbonyl (C=O) groups excluding carboxylic acids is 3. The van der Waals surface area contributed by atoms with Crippen LogP contribution in [0.2, 0.25) is 0 Å². The summed E-state index contributed by atoms with van der Waals surface area (Å²) in [5.41, 5.74) is 0. The van der Waals surface area contributed by atoms with Crippen molar-refractivity contribution in [3.05, 3.63) is 122 Å². The number of hydrogen-bond acceptors (Lipinski definition) is 6.